The lowest BCUT2D eigenvalue weighted by atomic mass is 9.91. The predicted molar refractivity (Wildman–Crippen MR) is 161 cm³/mol. The number of hydrogen-bond donors (Lipinski definition) is 2. The zero-order valence-electron chi connectivity index (χ0n) is 23.7. The Morgan fingerprint density at radius 3 is 2.74 bits per heavy atom. The van der Waals surface area contributed by atoms with E-state index in [1.54, 1.807) is 36.2 Å². The van der Waals surface area contributed by atoms with E-state index in [4.69, 9.17) is 16.3 Å². The average Bonchev–Trinajstić information content (AvgIpc) is 2.97. The van der Waals surface area contributed by atoms with Gasteiger partial charge in [-0.15, -0.1) is 0 Å². The number of nitrogens with zero attached hydrogens (tertiary/aromatic N) is 2. The number of anilines is 2. The van der Waals surface area contributed by atoms with Crippen molar-refractivity contribution in [3.05, 3.63) is 82.4 Å². The Morgan fingerprint density at radius 2 is 1.98 bits per heavy atom. The van der Waals surface area contributed by atoms with Crippen LogP contribution in [0.4, 0.5) is 20.6 Å². The van der Waals surface area contributed by atoms with Gasteiger partial charge in [0.15, 0.2) is 0 Å². The molecular formula is C32H32ClFN4O4. The van der Waals surface area contributed by atoms with Gasteiger partial charge >= 0.3 is 6.09 Å². The van der Waals surface area contributed by atoms with E-state index in [0.29, 0.717) is 54.7 Å². The van der Waals surface area contributed by atoms with E-state index >= 15 is 0 Å². The topological polar surface area (TPSA) is 101 Å². The maximum absolute atomic E-state index is 15.0. The largest absolute Gasteiger partial charge is 0.453 e. The second kappa shape index (κ2) is 12.3. The first kappa shape index (κ1) is 29.3. The van der Waals surface area contributed by atoms with E-state index < -0.39 is 11.9 Å². The Hall–Kier alpha value is -4.24. The van der Waals surface area contributed by atoms with Gasteiger partial charge in [-0.05, 0) is 73.2 Å². The van der Waals surface area contributed by atoms with E-state index in [0.717, 1.165) is 22.4 Å². The molecule has 42 heavy (non-hydrogen) atoms. The third-order valence-electron chi connectivity index (χ3n) is 7.91. The third-order valence-corrected chi connectivity index (χ3v) is 8.20. The number of fused-ring (bicyclic) bond motifs is 4. The number of halogens is 2. The summed E-state index contributed by atoms with van der Waals surface area (Å²) < 4.78 is 19.7. The molecule has 0 saturated heterocycles. The van der Waals surface area contributed by atoms with Crippen LogP contribution in [0, 0.1) is 18.7 Å². The Bertz CT molecular complexity index is 1590. The normalized spacial score (nSPS) is 19.1. The molecule has 0 spiro atoms. The van der Waals surface area contributed by atoms with Crippen molar-refractivity contribution in [1.29, 1.82) is 0 Å². The molecule has 1 aromatic heterocycles. The minimum atomic E-state index is -0.617. The highest BCUT2D eigenvalue weighted by molar-refractivity contribution is 6.31. The molecule has 0 radical (unpaired) electrons. The van der Waals surface area contributed by atoms with Gasteiger partial charge in [-0.1, -0.05) is 37.1 Å². The van der Waals surface area contributed by atoms with Gasteiger partial charge in [-0.25, -0.2) is 9.18 Å². The molecule has 10 heteroatoms. The second-order valence-electron chi connectivity index (χ2n) is 10.7. The number of amides is 3. The van der Waals surface area contributed by atoms with Crippen LogP contribution in [0.25, 0.3) is 16.7 Å². The van der Waals surface area contributed by atoms with Crippen LogP contribution in [0.2, 0.25) is 5.02 Å². The van der Waals surface area contributed by atoms with E-state index in [9.17, 15) is 18.8 Å². The van der Waals surface area contributed by atoms with E-state index in [1.807, 2.05) is 25.1 Å². The van der Waals surface area contributed by atoms with Gasteiger partial charge in [0.2, 0.25) is 11.8 Å². The van der Waals surface area contributed by atoms with Crippen molar-refractivity contribution in [1.82, 2.24) is 9.88 Å². The van der Waals surface area contributed by atoms with Crippen LogP contribution in [0.1, 0.15) is 55.5 Å². The van der Waals surface area contributed by atoms with Crippen molar-refractivity contribution >= 4 is 46.5 Å². The molecule has 0 fully saturated rings. The molecule has 2 unspecified atom stereocenters. The van der Waals surface area contributed by atoms with Gasteiger partial charge in [0.05, 0.1) is 29.6 Å². The Kier molecular flexibility index (Phi) is 8.59. The summed E-state index contributed by atoms with van der Waals surface area (Å²) >= 11 is 6.05. The van der Waals surface area contributed by atoms with Gasteiger partial charge in [-0.2, -0.15) is 0 Å². The smallest absolute Gasteiger partial charge is 0.411 e. The summed E-state index contributed by atoms with van der Waals surface area (Å²) in [5.74, 6) is -1.17. The SMILES string of the molecule is COC(=O)Nc1ccc2c(c1)NC(=O)C(C)CCCC(N1CCC(c3c(C)ccc(Cl)c3F)=CC1=O)c1cc-2ccn1. The number of rotatable bonds is 3. The number of nitrogens with one attached hydrogen (secondary N) is 2. The molecule has 0 saturated carbocycles. The molecule has 2 N–H and O–H groups in total. The fourth-order valence-electron chi connectivity index (χ4n) is 5.62. The number of carbonyl (C=O) groups excluding carboxylic acids is 3. The molecule has 5 rings (SSSR count). The molecule has 2 aromatic carbocycles. The molecular weight excluding hydrogens is 559 g/mol. The number of benzene rings is 2. The number of aromatic nitrogens is 1. The fourth-order valence-corrected chi connectivity index (χ4v) is 5.77. The van der Waals surface area contributed by atoms with Crippen LogP contribution < -0.4 is 10.6 Å². The molecule has 2 aliphatic rings. The molecule has 8 nitrogen and oxygen atoms in total. The first-order valence-corrected chi connectivity index (χ1v) is 14.3. The van der Waals surface area contributed by atoms with Crippen molar-refractivity contribution in [2.24, 2.45) is 5.92 Å². The molecule has 218 valence electrons. The van der Waals surface area contributed by atoms with Gasteiger partial charge in [0.1, 0.15) is 5.82 Å². The maximum atomic E-state index is 15.0. The highest BCUT2D eigenvalue weighted by atomic mass is 35.5. The van der Waals surface area contributed by atoms with Crippen LogP contribution in [-0.2, 0) is 14.3 Å². The van der Waals surface area contributed by atoms with Crippen LogP contribution in [0.15, 0.2) is 54.7 Å². The van der Waals surface area contributed by atoms with Crippen LogP contribution in [0.5, 0.6) is 0 Å². The quantitative estimate of drug-likeness (QED) is 0.337. The summed E-state index contributed by atoms with van der Waals surface area (Å²) in [4.78, 5) is 45.0. The van der Waals surface area contributed by atoms with Crippen molar-refractivity contribution in [2.45, 2.75) is 45.6 Å². The summed E-state index contributed by atoms with van der Waals surface area (Å²) in [5, 5.41) is 5.68. The van der Waals surface area contributed by atoms with Crippen LogP contribution >= 0.6 is 11.6 Å². The summed E-state index contributed by atoms with van der Waals surface area (Å²) in [6.07, 6.45) is 4.96. The number of ether oxygens (including phenoxy) is 1. The summed E-state index contributed by atoms with van der Waals surface area (Å²) in [6, 6.07) is 11.9. The molecule has 2 aliphatic heterocycles. The number of methoxy groups -OCH3 is 1. The average molecular weight is 591 g/mol. The lowest BCUT2D eigenvalue weighted by Crippen LogP contribution is -2.38. The third kappa shape index (κ3) is 6.01. The Morgan fingerprint density at radius 1 is 1.17 bits per heavy atom. The summed E-state index contributed by atoms with van der Waals surface area (Å²) in [5.41, 5.74) is 5.01. The number of aryl methyl sites for hydroxylation is 1. The molecule has 0 aliphatic carbocycles. The number of pyridine rings is 1. The number of carbonyl (C=O) groups is 3. The minimum Gasteiger partial charge on any atom is -0.453 e. The molecule has 3 aromatic rings. The first-order chi connectivity index (χ1) is 20.2. The van der Waals surface area contributed by atoms with Crippen LogP contribution in [-0.4, -0.2) is 41.4 Å². The monoisotopic (exact) mass is 590 g/mol. The molecule has 2 atom stereocenters. The van der Waals surface area contributed by atoms with Gasteiger partial charge in [-0.3, -0.25) is 19.9 Å². The van der Waals surface area contributed by atoms with Crippen molar-refractivity contribution in [3.63, 3.8) is 0 Å². The lowest BCUT2D eigenvalue weighted by molar-refractivity contribution is -0.129. The molecule has 3 amide bonds. The van der Waals surface area contributed by atoms with E-state index in [2.05, 4.69) is 15.6 Å². The van der Waals surface area contributed by atoms with Crippen molar-refractivity contribution in [3.8, 4) is 11.1 Å². The maximum Gasteiger partial charge on any atom is 0.411 e. The van der Waals surface area contributed by atoms with E-state index in [1.165, 1.54) is 19.3 Å². The zero-order chi connectivity index (χ0) is 30.0. The second-order valence-corrected chi connectivity index (χ2v) is 11.1. The lowest BCUT2D eigenvalue weighted by Gasteiger charge is -2.35. The van der Waals surface area contributed by atoms with Gasteiger partial charge < -0.3 is 15.0 Å². The van der Waals surface area contributed by atoms with Gasteiger partial charge in [0.25, 0.3) is 0 Å². The standard InChI is InChI=1S/C32H32ClFN4O4/c1-18-7-10-24(33)30(34)29(18)21-12-14-38(28(39)16-21)27-6-4-5-19(2)31(40)37-25-17-22(36-32(41)42-3)8-9-23(25)20-11-13-35-26(27)15-20/h7-11,13,15-17,19,27H,4-6,12,14H2,1-3H3,(H,36,41)(H,37,40). The van der Waals surface area contributed by atoms with E-state index in [-0.39, 0.29) is 28.8 Å². The Balaban J connectivity index is 1.52. The van der Waals surface area contributed by atoms with Gasteiger partial charge in [0, 0.05) is 41.5 Å². The fraction of sp³-hybridized carbons (Fsp3) is 0.312. The van der Waals surface area contributed by atoms with Crippen molar-refractivity contribution in [2.75, 3.05) is 24.3 Å². The highest BCUT2D eigenvalue weighted by Crippen LogP contribution is 2.38. The highest BCUT2D eigenvalue weighted by Gasteiger charge is 2.31. The zero-order valence-corrected chi connectivity index (χ0v) is 24.4. The predicted octanol–water partition coefficient (Wildman–Crippen LogP) is 7.14. The van der Waals surface area contributed by atoms with Crippen molar-refractivity contribution < 1.29 is 23.5 Å². The summed E-state index contributed by atoms with van der Waals surface area (Å²) in [7, 11) is 1.28. The Labute approximate surface area is 248 Å². The summed E-state index contributed by atoms with van der Waals surface area (Å²) in [6.45, 7) is 4.06. The molecule has 2 bridgehead atoms. The number of hydrogen-bond acceptors (Lipinski definition) is 5. The first-order valence-electron chi connectivity index (χ1n) is 13.9. The van der Waals surface area contributed by atoms with Crippen LogP contribution in [0.3, 0.4) is 0 Å². The molecule has 3 heterocycles. The minimum absolute atomic E-state index is 0.0262.